The summed E-state index contributed by atoms with van der Waals surface area (Å²) in [6, 6.07) is 14.6. The van der Waals surface area contributed by atoms with E-state index in [0.29, 0.717) is 0 Å². The number of fused-ring (bicyclic) bond motifs is 1. The molecule has 0 aliphatic rings. The van der Waals surface area contributed by atoms with E-state index in [4.69, 9.17) is 5.73 Å². The zero-order valence-electron chi connectivity index (χ0n) is 12.6. The molecule has 1 atom stereocenters. The Morgan fingerprint density at radius 3 is 2.91 bits per heavy atom. The van der Waals surface area contributed by atoms with E-state index in [2.05, 4.69) is 45.7 Å². The predicted octanol–water partition coefficient (Wildman–Crippen LogP) is 1.55. The Kier molecular flexibility index (Phi) is 4.54. The van der Waals surface area contributed by atoms with Crippen LogP contribution in [0.2, 0.25) is 0 Å². The molecule has 3 aromatic rings. The molecule has 1 aromatic heterocycles. The number of hydrogen-bond acceptors (Lipinski definition) is 5. The van der Waals surface area contributed by atoms with Crippen molar-refractivity contribution in [1.29, 1.82) is 0 Å². The summed E-state index contributed by atoms with van der Waals surface area (Å²) in [5, 5.41) is 19.4. The van der Waals surface area contributed by atoms with E-state index in [1.165, 1.54) is 33.7 Å². The minimum atomic E-state index is -1.01. The highest BCUT2D eigenvalue weighted by atomic mass is 16.3. The third kappa shape index (κ3) is 3.49. The van der Waals surface area contributed by atoms with Crippen molar-refractivity contribution in [3.05, 3.63) is 72.6 Å². The maximum Gasteiger partial charge on any atom is 0.190 e. The number of nitrogens with one attached hydrogen (secondary N) is 1. The second-order valence-corrected chi connectivity index (χ2v) is 5.24. The fourth-order valence-corrected chi connectivity index (χ4v) is 2.48. The lowest BCUT2D eigenvalue weighted by Gasteiger charge is -2.11. The first-order valence-corrected chi connectivity index (χ1v) is 7.43. The van der Waals surface area contributed by atoms with Crippen molar-refractivity contribution in [3.63, 3.8) is 0 Å². The minimum Gasteiger partial charge on any atom is -0.397 e. The Morgan fingerprint density at radius 2 is 2.09 bits per heavy atom. The van der Waals surface area contributed by atoms with Crippen molar-refractivity contribution in [2.45, 2.75) is 12.6 Å². The van der Waals surface area contributed by atoms with Gasteiger partial charge in [-0.1, -0.05) is 42.5 Å². The van der Waals surface area contributed by atoms with Crippen molar-refractivity contribution >= 4 is 10.8 Å². The van der Waals surface area contributed by atoms with Gasteiger partial charge in [-0.2, -0.15) is 5.10 Å². The molecule has 1 heterocycles. The maximum atomic E-state index is 9.96. The highest BCUT2D eigenvalue weighted by Gasteiger charge is 2.09. The lowest BCUT2D eigenvalue weighted by molar-refractivity contribution is 0.125. The van der Waals surface area contributed by atoms with Crippen molar-refractivity contribution in [3.8, 4) is 0 Å². The fraction of sp³-hybridized carbons (Fsp3) is 0.176. The molecular formula is C17H19N5O. The molecule has 118 valence electrons. The van der Waals surface area contributed by atoms with E-state index in [0.717, 1.165) is 13.0 Å². The number of nitrogens with two attached hydrogens (primary N) is 1. The van der Waals surface area contributed by atoms with E-state index in [9.17, 15) is 5.11 Å². The summed E-state index contributed by atoms with van der Waals surface area (Å²) < 4.78 is 1.29. The Labute approximate surface area is 134 Å². The molecule has 0 spiro atoms. The number of hydrogen-bond donors (Lipinski definition) is 3. The molecule has 0 amide bonds. The summed E-state index contributed by atoms with van der Waals surface area (Å²) in [6.07, 6.45) is 4.23. The third-order valence-electron chi connectivity index (χ3n) is 3.67. The molecule has 0 bridgehead atoms. The van der Waals surface area contributed by atoms with Crippen LogP contribution in [0, 0.1) is 0 Å². The predicted molar refractivity (Wildman–Crippen MR) is 89.2 cm³/mol. The number of nitrogens with zero attached hydrogens (tertiary/aromatic N) is 3. The van der Waals surface area contributed by atoms with Crippen molar-refractivity contribution in [2.75, 3.05) is 6.54 Å². The molecule has 4 N–H and O–H groups in total. The molecule has 23 heavy (non-hydrogen) atoms. The quantitative estimate of drug-likeness (QED) is 0.601. The Bertz CT molecular complexity index is 792. The summed E-state index contributed by atoms with van der Waals surface area (Å²) in [5.74, 6) is 0. The second kappa shape index (κ2) is 6.93. The molecule has 0 saturated carbocycles. The molecule has 6 nitrogen and oxygen atoms in total. The van der Waals surface area contributed by atoms with Crippen LogP contribution in [0.1, 0.15) is 11.8 Å². The molecule has 2 aromatic carbocycles. The van der Waals surface area contributed by atoms with Gasteiger partial charge in [0.25, 0.3) is 0 Å². The number of aliphatic hydroxyl groups is 1. The van der Waals surface area contributed by atoms with Gasteiger partial charge in [0.05, 0.1) is 5.70 Å². The average molecular weight is 309 g/mol. The normalized spacial score (nSPS) is 13.2. The second-order valence-electron chi connectivity index (χ2n) is 5.24. The van der Waals surface area contributed by atoms with Gasteiger partial charge in [0.2, 0.25) is 0 Å². The van der Waals surface area contributed by atoms with Crippen molar-refractivity contribution in [1.82, 2.24) is 20.1 Å². The lowest BCUT2D eigenvalue weighted by Crippen LogP contribution is -2.21. The van der Waals surface area contributed by atoms with Gasteiger partial charge in [0.15, 0.2) is 6.23 Å². The van der Waals surface area contributed by atoms with E-state index in [1.807, 2.05) is 12.1 Å². The highest BCUT2D eigenvalue weighted by Crippen LogP contribution is 2.18. The van der Waals surface area contributed by atoms with Gasteiger partial charge in [0.1, 0.15) is 12.7 Å². The first kappa shape index (κ1) is 15.1. The van der Waals surface area contributed by atoms with E-state index >= 15 is 0 Å². The third-order valence-corrected chi connectivity index (χ3v) is 3.67. The molecule has 3 rings (SSSR count). The van der Waals surface area contributed by atoms with Crippen LogP contribution in [-0.4, -0.2) is 26.4 Å². The van der Waals surface area contributed by atoms with Crippen LogP contribution in [-0.2, 0) is 6.42 Å². The Hall–Kier alpha value is -2.86. The summed E-state index contributed by atoms with van der Waals surface area (Å²) in [5.41, 5.74) is 7.40. The summed E-state index contributed by atoms with van der Waals surface area (Å²) in [7, 11) is 0. The van der Waals surface area contributed by atoms with Gasteiger partial charge >= 0.3 is 0 Å². The zero-order chi connectivity index (χ0) is 16.1. The first-order valence-electron chi connectivity index (χ1n) is 7.43. The van der Waals surface area contributed by atoms with Gasteiger partial charge in [-0.05, 0) is 22.8 Å². The van der Waals surface area contributed by atoms with E-state index in [-0.39, 0.29) is 5.70 Å². The number of benzene rings is 2. The van der Waals surface area contributed by atoms with Crippen LogP contribution in [0.4, 0.5) is 0 Å². The Morgan fingerprint density at radius 1 is 1.26 bits per heavy atom. The molecule has 0 aliphatic heterocycles. The van der Waals surface area contributed by atoms with Crippen LogP contribution in [0.15, 0.2) is 67.0 Å². The molecule has 0 radical (unpaired) electrons. The largest absolute Gasteiger partial charge is 0.397 e. The molecular weight excluding hydrogens is 290 g/mol. The van der Waals surface area contributed by atoms with E-state index < -0.39 is 6.23 Å². The van der Waals surface area contributed by atoms with Gasteiger partial charge < -0.3 is 16.2 Å². The summed E-state index contributed by atoms with van der Waals surface area (Å²) >= 11 is 0. The lowest BCUT2D eigenvalue weighted by atomic mass is 10.0. The maximum absolute atomic E-state index is 9.96. The number of aromatic nitrogens is 3. The minimum absolute atomic E-state index is 0.286. The SMILES string of the molecule is N/C(=C\NCCc1cccc2ccccc12)C(O)n1cncn1. The molecule has 0 saturated heterocycles. The molecule has 0 fully saturated rings. The smallest absolute Gasteiger partial charge is 0.190 e. The average Bonchev–Trinajstić information content (AvgIpc) is 3.12. The van der Waals surface area contributed by atoms with E-state index in [1.54, 1.807) is 6.20 Å². The van der Waals surface area contributed by atoms with Gasteiger partial charge in [0, 0.05) is 12.7 Å². The Balaban J connectivity index is 1.60. The fourth-order valence-electron chi connectivity index (χ4n) is 2.48. The summed E-state index contributed by atoms with van der Waals surface area (Å²) in [4.78, 5) is 3.78. The van der Waals surface area contributed by atoms with Gasteiger partial charge in [-0.15, -0.1) is 0 Å². The highest BCUT2D eigenvalue weighted by molar-refractivity contribution is 5.85. The standard InChI is InChI=1S/C17H19N5O/c18-16(17(23)22-12-20-11-21-22)10-19-9-8-14-6-3-5-13-4-1-2-7-15(13)14/h1-7,10-12,17,19,23H,8-9,18H2/b16-10-. The zero-order valence-corrected chi connectivity index (χ0v) is 12.6. The molecule has 1 unspecified atom stereocenters. The van der Waals surface area contributed by atoms with Crippen LogP contribution in [0.3, 0.4) is 0 Å². The number of rotatable bonds is 6. The van der Waals surface area contributed by atoms with Gasteiger partial charge in [-0.3, -0.25) is 0 Å². The van der Waals surface area contributed by atoms with Crippen molar-refractivity contribution < 1.29 is 5.11 Å². The van der Waals surface area contributed by atoms with Gasteiger partial charge in [-0.25, -0.2) is 9.67 Å². The van der Waals surface area contributed by atoms with Crippen LogP contribution < -0.4 is 11.1 Å². The molecule has 6 heteroatoms. The van der Waals surface area contributed by atoms with Crippen LogP contribution >= 0.6 is 0 Å². The number of aliphatic hydroxyl groups excluding tert-OH is 1. The monoisotopic (exact) mass is 309 g/mol. The molecule has 0 aliphatic carbocycles. The van der Waals surface area contributed by atoms with Crippen molar-refractivity contribution in [2.24, 2.45) is 5.73 Å². The van der Waals surface area contributed by atoms with Crippen LogP contribution in [0.25, 0.3) is 10.8 Å². The topological polar surface area (TPSA) is 89.0 Å². The first-order chi connectivity index (χ1) is 11.3. The van der Waals surface area contributed by atoms with Crippen LogP contribution in [0.5, 0.6) is 0 Å². The summed E-state index contributed by atoms with van der Waals surface area (Å²) in [6.45, 7) is 0.721.